The summed E-state index contributed by atoms with van der Waals surface area (Å²) >= 11 is 6.34. The molecule has 3 aromatic heterocycles. The van der Waals surface area contributed by atoms with Crippen LogP contribution >= 0.6 is 11.6 Å². The van der Waals surface area contributed by atoms with Crippen LogP contribution < -0.4 is 5.32 Å². The first-order valence-electron chi connectivity index (χ1n) is 9.64. The first-order valence-corrected chi connectivity index (χ1v) is 10.0. The zero-order chi connectivity index (χ0) is 21.8. The number of aryl methyl sites for hydroxylation is 1. The van der Waals surface area contributed by atoms with Gasteiger partial charge in [0.2, 0.25) is 0 Å². The van der Waals surface area contributed by atoms with Crippen molar-refractivity contribution in [1.82, 2.24) is 19.7 Å². The van der Waals surface area contributed by atoms with Crippen LogP contribution in [0.15, 0.2) is 60.9 Å². The number of aromatic nitrogens is 4. The van der Waals surface area contributed by atoms with Crippen LogP contribution in [0, 0.1) is 18.3 Å². The van der Waals surface area contributed by atoms with Gasteiger partial charge in [0.05, 0.1) is 33.7 Å². The third-order valence-electron chi connectivity index (χ3n) is 4.71. The average molecular weight is 431 g/mol. The molecule has 31 heavy (non-hydrogen) atoms. The Bertz CT molecular complexity index is 1260. The monoisotopic (exact) mass is 430 g/mol. The Morgan fingerprint density at radius 1 is 1.16 bits per heavy atom. The molecule has 0 aliphatic rings. The van der Waals surface area contributed by atoms with Crippen LogP contribution in [0.2, 0.25) is 5.02 Å². The number of pyridine rings is 2. The second-order valence-corrected chi connectivity index (χ2v) is 7.28. The van der Waals surface area contributed by atoms with E-state index in [9.17, 15) is 5.11 Å². The lowest BCUT2D eigenvalue weighted by Gasteiger charge is -2.17. The summed E-state index contributed by atoms with van der Waals surface area (Å²) in [5.74, 6) is 0.575. The van der Waals surface area contributed by atoms with Crippen LogP contribution in [0.1, 0.15) is 16.8 Å². The summed E-state index contributed by atoms with van der Waals surface area (Å²) in [5.41, 5.74) is 4.99. The summed E-state index contributed by atoms with van der Waals surface area (Å²) in [6, 6.07) is 16.6. The highest BCUT2D eigenvalue weighted by Gasteiger charge is 2.16. The van der Waals surface area contributed by atoms with Gasteiger partial charge in [-0.25, -0.2) is 9.67 Å². The van der Waals surface area contributed by atoms with Crippen molar-refractivity contribution in [2.45, 2.75) is 13.3 Å². The van der Waals surface area contributed by atoms with Crippen molar-refractivity contribution in [2.75, 3.05) is 11.9 Å². The molecule has 0 spiro atoms. The molecule has 0 unspecified atom stereocenters. The van der Waals surface area contributed by atoms with Gasteiger partial charge in [0.25, 0.3) is 0 Å². The molecule has 0 fully saturated rings. The fourth-order valence-corrected chi connectivity index (χ4v) is 3.50. The van der Waals surface area contributed by atoms with Crippen LogP contribution in [0.5, 0.6) is 0 Å². The Labute approximate surface area is 184 Å². The molecule has 4 rings (SSSR count). The van der Waals surface area contributed by atoms with E-state index in [0.717, 1.165) is 28.3 Å². The van der Waals surface area contributed by atoms with Crippen LogP contribution in [0.25, 0.3) is 17.1 Å². The molecule has 0 aliphatic heterocycles. The predicted molar refractivity (Wildman–Crippen MR) is 120 cm³/mol. The lowest BCUT2D eigenvalue weighted by Crippen LogP contribution is -2.09. The van der Waals surface area contributed by atoms with E-state index in [0.29, 0.717) is 28.5 Å². The minimum Gasteiger partial charge on any atom is -0.396 e. The molecule has 0 saturated heterocycles. The second kappa shape index (κ2) is 8.96. The molecule has 0 amide bonds. The number of nitrogens with zero attached hydrogens (tertiary/aromatic N) is 5. The number of hydrogen-bond acceptors (Lipinski definition) is 6. The first kappa shape index (κ1) is 20.5. The number of benzene rings is 1. The minimum absolute atomic E-state index is 0.0537. The van der Waals surface area contributed by atoms with E-state index in [4.69, 9.17) is 16.9 Å². The Morgan fingerprint density at radius 2 is 2.03 bits per heavy atom. The van der Waals surface area contributed by atoms with Gasteiger partial charge in [-0.2, -0.15) is 10.4 Å². The predicted octanol–water partition coefficient (Wildman–Crippen LogP) is 4.44. The number of aliphatic hydroxyl groups is 1. The molecule has 0 atom stereocenters. The molecule has 154 valence electrons. The summed E-state index contributed by atoms with van der Waals surface area (Å²) in [5, 5.41) is 27.1. The molecular weight excluding hydrogens is 412 g/mol. The molecule has 1 aromatic carbocycles. The zero-order valence-corrected chi connectivity index (χ0v) is 17.5. The minimum atomic E-state index is -0.0537. The maximum Gasteiger partial charge on any atom is 0.136 e. The molecule has 8 heteroatoms. The summed E-state index contributed by atoms with van der Waals surface area (Å²) < 4.78 is 1.76. The molecule has 0 bridgehead atoms. The van der Waals surface area contributed by atoms with Gasteiger partial charge in [-0.05, 0) is 49.4 Å². The van der Waals surface area contributed by atoms with Crippen molar-refractivity contribution in [3.63, 3.8) is 0 Å². The largest absolute Gasteiger partial charge is 0.396 e. The van der Waals surface area contributed by atoms with E-state index in [-0.39, 0.29) is 6.61 Å². The number of aliphatic hydroxyl groups excluding tert-OH is 1. The fourth-order valence-electron chi connectivity index (χ4n) is 3.27. The van der Waals surface area contributed by atoms with Crippen molar-refractivity contribution >= 4 is 23.1 Å². The van der Waals surface area contributed by atoms with Crippen LogP contribution in [0.3, 0.4) is 0 Å². The lowest BCUT2D eigenvalue weighted by molar-refractivity contribution is 0.299. The quantitative estimate of drug-likeness (QED) is 0.469. The summed E-state index contributed by atoms with van der Waals surface area (Å²) in [7, 11) is 0. The van der Waals surface area contributed by atoms with Crippen molar-refractivity contribution < 1.29 is 5.11 Å². The number of nitriles is 1. The van der Waals surface area contributed by atoms with Gasteiger partial charge in [-0.3, -0.25) is 4.98 Å². The average Bonchev–Trinajstić information content (AvgIpc) is 3.27. The Kier molecular flexibility index (Phi) is 5.94. The van der Waals surface area contributed by atoms with Gasteiger partial charge >= 0.3 is 0 Å². The van der Waals surface area contributed by atoms with Crippen molar-refractivity contribution in [3.05, 3.63) is 82.8 Å². The smallest absolute Gasteiger partial charge is 0.136 e. The number of rotatable bonds is 6. The van der Waals surface area contributed by atoms with Gasteiger partial charge in [-0.1, -0.05) is 17.7 Å². The highest BCUT2D eigenvalue weighted by Crippen LogP contribution is 2.30. The maximum absolute atomic E-state index is 9.70. The van der Waals surface area contributed by atoms with E-state index in [2.05, 4.69) is 26.5 Å². The Hall–Kier alpha value is -3.73. The molecule has 2 N–H and O–H groups in total. The molecule has 0 saturated carbocycles. The van der Waals surface area contributed by atoms with Gasteiger partial charge in [0.1, 0.15) is 11.5 Å². The summed E-state index contributed by atoms with van der Waals surface area (Å²) in [6.07, 6.45) is 3.96. The van der Waals surface area contributed by atoms with Gasteiger partial charge in [0.15, 0.2) is 0 Å². The Balaban J connectivity index is 1.77. The first-order chi connectivity index (χ1) is 15.1. The van der Waals surface area contributed by atoms with Crippen LogP contribution in [0.4, 0.5) is 11.5 Å². The maximum atomic E-state index is 9.70. The summed E-state index contributed by atoms with van der Waals surface area (Å²) in [6.45, 7) is 1.84. The second-order valence-electron chi connectivity index (χ2n) is 6.88. The highest BCUT2D eigenvalue weighted by molar-refractivity contribution is 6.33. The van der Waals surface area contributed by atoms with E-state index < -0.39 is 0 Å². The molecule has 0 aliphatic carbocycles. The molecule has 4 aromatic rings. The summed E-state index contributed by atoms with van der Waals surface area (Å²) in [4.78, 5) is 8.97. The third kappa shape index (κ3) is 4.40. The SMILES string of the molecule is Cc1cc(-n2ccc(-c3ccccn3)n2)c(CCO)c(Nc2ccc(C#N)cc2Cl)n1. The van der Waals surface area contributed by atoms with Crippen LogP contribution in [-0.4, -0.2) is 31.5 Å². The van der Waals surface area contributed by atoms with E-state index in [1.807, 2.05) is 43.5 Å². The van der Waals surface area contributed by atoms with Gasteiger partial charge in [0, 0.05) is 36.7 Å². The number of nitrogens with one attached hydrogen (secondary N) is 1. The number of anilines is 2. The molecule has 0 radical (unpaired) electrons. The third-order valence-corrected chi connectivity index (χ3v) is 5.02. The topological polar surface area (TPSA) is 99.6 Å². The zero-order valence-electron chi connectivity index (χ0n) is 16.7. The van der Waals surface area contributed by atoms with Crippen molar-refractivity contribution in [2.24, 2.45) is 0 Å². The lowest BCUT2D eigenvalue weighted by atomic mass is 10.1. The van der Waals surface area contributed by atoms with Crippen LogP contribution in [-0.2, 0) is 6.42 Å². The fraction of sp³-hybridized carbons (Fsp3) is 0.130. The normalized spacial score (nSPS) is 10.6. The number of hydrogen-bond donors (Lipinski definition) is 2. The van der Waals surface area contributed by atoms with Gasteiger partial charge in [-0.15, -0.1) is 0 Å². The van der Waals surface area contributed by atoms with E-state index >= 15 is 0 Å². The van der Waals surface area contributed by atoms with Crippen molar-refractivity contribution in [3.8, 4) is 23.1 Å². The van der Waals surface area contributed by atoms with E-state index in [1.54, 1.807) is 29.1 Å². The molecule has 7 nitrogen and oxygen atoms in total. The Morgan fingerprint density at radius 3 is 2.74 bits per heavy atom. The van der Waals surface area contributed by atoms with E-state index in [1.165, 1.54) is 0 Å². The standard InChI is InChI=1S/C23H19ClN6O/c1-15-12-22(30-10-7-21(29-30)20-4-2-3-9-26-20)17(8-11-31)23(27-15)28-19-6-5-16(14-25)13-18(19)24/h2-7,9-10,12-13,31H,8,11H2,1H3,(H,27,28). The molecule has 3 heterocycles. The highest BCUT2D eigenvalue weighted by atomic mass is 35.5. The molecular formula is C23H19ClN6O. The van der Waals surface area contributed by atoms with Gasteiger partial charge < -0.3 is 10.4 Å². The van der Waals surface area contributed by atoms with Crippen molar-refractivity contribution in [1.29, 1.82) is 5.26 Å². The number of halogens is 1.